The lowest BCUT2D eigenvalue weighted by atomic mass is 9.98. The number of nitrogens with one attached hydrogen (secondary N) is 2. The van der Waals surface area contributed by atoms with Crippen molar-refractivity contribution in [3.63, 3.8) is 0 Å². The predicted octanol–water partition coefficient (Wildman–Crippen LogP) is 4.58. The Morgan fingerprint density at radius 2 is 1.84 bits per heavy atom. The highest BCUT2D eigenvalue weighted by molar-refractivity contribution is 6.05. The van der Waals surface area contributed by atoms with Gasteiger partial charge < -0.3 is 20.3 Å². The fourth-order valence-corrected chi connectivity index (χ4v) is 4.35. The Balaban J connectivity index is 1.51. The van der Waals surface area contributed by atoms with E-state index in [0.717, 1.165) is 18.7 Å². The third-order valence-corrected chi connectivity index (χ3v) is 6.32. The second-order valence-corrected chi connectivity index (χ2v) is 8.95. The van der Waals surface area contributed by atoms with Crippen molar-refractivity contribution in [2.45, 2.75) is 19.4 Å². The van der Waals surface area contributed by atoms with E-state index in [-0.39, 0.29) is 17.5 Å². The van der Waals surface area contributed by atoms with Gasteiger partial charge in [-0.25, -0.2) is 0 Å². The van der Waals surface area contributed by atoms with Crippen molar-refractivity contribution >= 4 is 35.0 Å². The van der Waals surface area contributed by atoms with Gasteiger partial charge in [0.1, 0.15) is 0 Å². The Labute approximate surface area is 221 Å². The topological polar surface area (TPSA) is 114 Å². The van der Waals surface area contributed by atoms with Gasteiger partial charge in [0, 0.05) is 62.9 Å². The van der Waals surface area contributed by atoms with Crippen LogP contribution in [0.4, 0.5) is 17.1 Å². The molecule has 0 spiro atoms. The van der Waals surface area contributed by atoms with Gasteiger partial charge in [0.2, 0.25) is 5.91 Å². The number of benzene rings is 3. The summed E-state index contributed by atoms with van der Waals surface area (Å²) in [6.45, 7) is 2.51. The molecule has 0 aromatic heterocycles. The number of rotatable bonds is 10. The van der Waals surface area contributed by atoms with E-state index < -0.39 is 4.92 Å². The first-order valence-corrected chi connectivity index (χ1v) is 12.4. The second-order valence-electron chi connectivity index (χ2n) is 8.95. The maximum atomic E-state index is 13.2. The van der Waals surface area contributed by atoms with Gasteiger partial charge in [-0.3, -0.25) is 19.7 Å². The van der Waals surface area contributed by atoms with Crippen LogP contribution < -0.4 is 15.5 Å². The van der Waals surface area contributed by atoms with Crippen LogP contribution in [-0.4, -0.2) is 43.5 Å². The highest BCUT2D eigenvalue weighted by atomic mass is 16.6. The number of non-ortho nitro benzene ring substituents is 1. The molecule has 2 amide bonds. The van der Waals surface area contributed by atoms with Crippen molar-refractivity contribution in [1.82, 2.24) is 5.32 Å². The minimum Gasteiger partial charge on any atom is -0.385 e. The van der Waals surface area contributed by atoms with Gasteiger partial charge in [-0.15, -0.1) is 0 Å². The van der Waals surface area contributed by atoms with E-state index in [9.17, 15) is 19.7 Å². The van der Waals surface area contributed by atoms with Gasteiger partial charge in [-0.1, -0.05) is 24.3 Å². The van der Waals surface area contributed by atoms with Gasteiger partial charge in [-0.2, -0.15) is 0 Å². The number of carbonyl (C=O) groups is 2. The maximum absolute atomic E-state index is 13.2. The van der Waals surface area contributed by atoms with E-state index in [0.29, 0.717) is 42.9 Å². The summed E-state index contributed by atoms with van der Waals surface area (Å²) in [5, 5.41) is 16.6. The fraction of sp³-hybridized carbons (Fsp3) is 0.241. The van der Waals surface area contributed by atoms with Gasteiger partial charge in [0.25, 0.3) is 11.6 Å². The van der Waals surface area contributed by atoms with Gasteiger partial charge in [-0.05, 0) is 65.9 Å². The summed E-state index contributed by atoms with van der Waals surface area (Å²) in [7, 11) is 1.62. The molecule has 0 saturated carbocycles. The molecule has 2 N–H and O–H groups in total. The molecule has 0 aliphatic carbocycles. The number of nitrogens with zero attached hydrogens (tertiary/aromatic N) is 2. The Morgan fingerprint density at radius 3 is 2.58 bits per heavy atom. The summed E-state index contributed by atoms with van der Waals surface area (Å²) >= 11 is 0. The highest BCUT2D eigenvalue weighted by Gasteiger charge is 2.22. The van der Waals surface area contributed by atoms with Crippen LogP contribution in [0.25, 0.3) is 6.08 Å². The number of nitro benzene ring substituents is 1. The van der Waals surface area contributed by atoms with E-state index in [1.807, 2.05) is 18.2 Å². The number of methoxy groups -OCH3 is 1. The van der Waals surface area contributed by atoms with Crippen molar-refractivity contribution in [3.8, 4) is 0 Å². The van der Waals surface area contributed by atoms with Crippen LogP contribution >= 0.6 is 0 Å². The number of anilines is 2. The first kappa shape index (κ1) is 26.6. The molecular weight excluding hydrogens is 484 g/mol. The van der Waals surface area contributed by atoms with Crippen LogP contribution in [0.2, 0.25) is 0 Å². The smallest absolute Gasteiger partial charge is 0.269 e. The summed E-state index contributed by atoms with van der Waals surface area (Å²) in [4.78, 5) is 38.3. The standard InChI is InChI=1S/C29H30N4O5/c1-38-18-4-16-30-29(35)26-19-24(31-28(34)14-9-21-7-11-25(12-8-21)33(36)37)10-13-27(26)32-17-15-22-5-2-3-6-23(22)20-32/h2-3,5-14,19H,4,15-18,20H2,1H3,(H,30,35)(H,31,34)/b14-9+. The predicted molar refractivity (Wildman–Crippen MR) is 147 cm³/mol. The Bertz CT molecular complexity index is 1340. The average Bonchev–Trinajstić information content (AvgIpc) is 2.94. The third kappa shape index (κ3) is 6.83. The number of amides is 2. The SMILES string of the molecule is COCCCNC(=O)c1cc(NC(=O)/C=C/c2ccc([N+](=O)[O-])cc2)ccc1N1CCc2ccccc2C1. The molecule has 1 heterocycles. The molecule has 4 rings (SSSR count). The monoisotopic (exact) mass is 514 g/mol. The molecule has 196 valence electrons. The quantitative estimate of drug-likeness (QED) is 0.177. The van der Waals surface area contributed by atoms with E-state index in [1.165, 1.54) is 29.3 Å². The van der Waals surface area contributed by atoms with E-state index >= 15 is 0 Å². The first-order valence-electron chi connectivity index (χ1n) is 12.4. The molecule has 0 radical (unpaired) electrons. The van der Waals surface area contributed by atoms with E-state index in [1.54, 1.807) is 37.5 Å². The van der Waals surface area contributed by atoms with Crippen molar-refractivity contribution in [3.05, 3.63) is 105 Å². The molecule has 1 aliphatic rings. The Hall–Kier alpha value is -4.50. The van der Waals surface area contributed by atoms with Crippen molar-refractivity contribution in [1.29, 1.82) is 0 Å². The largest absolute Gasteiger partial charge is 0.385 e. The van der Waals surface area contributed by atoms with Crippen LogP contribution in [0, 0.1) is 10.1 Å². The lowest BCUT2D eigenvalue weighted by molar-refractivity contribution is -0.384. The van der Waals surface area contributed by atoms with Crippen LogP contribution in [0.3, 0.4) is 0 Å². The molecule has 0 unspecified atom stereocenters. The van der Waals surface area contributed by atoms with Gasteiger partial charge >= 0.3 is 0 Å². The van der Waals surface area contributed by atoms with Crippen LogP contribution in [0.15, 0.2) is 72.8 Å². The molecule has 0 bridgehead atoms. The van der Waals surface area contributed by atoms with Crippen molar-refractivity contribution in [2.75, 3.05) is 37.0 Å². The molecule has 0 fully saturated rings. The zero-order valence-corrected chi connectivity index (χ0v) is 21.2. The lowest BCUT2D eigenvalue weighted by Crippen LogP contribution is -2.33. The van der Waals surface area contributed by atoms with E-state index in [2.05, 4.69) is 27.7 Å². The number of nitro groups is 1. The molecule has 0 atom stereocenters. The molecule has 38 heavy (non-hydrogen) atoms. The summed E-state index contributed by atoms with van der Waals surface area (Å²) < 4.78 is 5.07. The van der Waals surface area contributed by atoms with E-state index in [4.69, 9.17) is 4.74 Å². The van der Waals surface area contributed by atoms with Crippen molar-refractivity contribution in [2.24, 2.45) is 0 Å². The summed E-state index contributed by atoms with van der Waals surface area (Å²) in [6, 6.07) is 19.6. The Morgan fingerprint density at radius 1 is 1.08 bits per heavy atom. The first-order chi connectivity index (χ1) is 18.4. The molecule has 3 aromatic rings. The number of carbonyl (C=O) groups excluding carboxylic acids is 2. The van der Waals surface area contributed by atoms with Crippen LogP contribution in [0.1, 0.15) is 33.5 Å². The number of hydrogen-bond acceptors (Lipinski definition) is 6. The average molecular weight is 515 g/mol. The molecule has 9 heteroatoms. The minimum atomic E-state index is -0.474. The number of hydrogen-bond donors (Lipinski definition) is 2. The molecule has 9 nitrogen and oxygen atoms in total. The second kappa shape index (κ2) is 12.6. The lowest BCUT2D eigenvalue weighted by Gasteiger charge is -2.32. The van der Waals surface area contributed by atoms with Gasteiger partial charge in [0.05, 0.1) is 10.5 Å². The molecule has 0 saturated heterocycles. The maximum Gasteiger partial charge on any atom is 0.269 e. The third-order valence-electron chi connectivity index (χ3n) is 6.32. The van der Waals surface area contributed by atoms with Crippen LogP contribution in [-0.2, 0) is 22.5 Å². The number of ether oxygens (including phenoxy) is 1. The zero-order valence-electron chi connectivity index (χ0n) is 21.2. The molecular formula is C29H30N4O5. The summed E-state index contributed by atoms with van der Waals surface area (Å²) in [5.41, 5.74) is 4.98. The Kier molecular flexibility index (Phi) is 8.84. The molecule has 3 aromatic carbocycles. The van der Waals surface area contributed by atoms with Crippen LogP contribution in [0.5, 0.6) is 0 Å². The summed E-state index contributed by atoms with van der Waals surface area (Å²) in [6.07, 6.45) is 4.50. The van der Waals surface area contributed by atoms with Gasteiger partial charge in [0.15, 0.2) is 0 Å². The number of fused-ring (bicyclic) bond motifs is 1. The van der Waals surface area contributed by atoms with Crippen molar-refractivity contribution < 1.29 is 19.2 Å². The summed E-state index contributed by atoms with van der Waals surface area (Å²) in [5.74, 6) is -0.595. The normalized spacial score (nSPS) is 12.7. The highest BCUT2D eigenvalue weighted by Crippen LogP contribution is 2.29. The fourth-order valence-electron chi connectivity index (χ4n) is 4.35. The minimum absolute atomic E-state index is 0.0167. The molecule has 1 aliphatic heterocycles. The zero-order chi connectivity index (χ0) is 26.9.